The molecule has 0 fully saturated rings. The number of hydrogen-bond donors (Lipinski definition) is 1. The number of benzene rings is 9. The number of rotatable bonds is 7. The first-order valence-corrected chi connectivity index (χ1v) is 19.8. The normalized spacial score (nSPS) is 13.6. The van der Waals surface area contributed by atoms with E-state index in [1.165, 1.54) is 71.4 Å². The number of aliphatic imine (C=N–C) groups is 1. The van der Waals surface area contributed by atoms with E-state index in [0.717, 1.165) is 27.8 Å². The van der Waals surface area contributed by atoms with Crippen molar-refractivity contribution in [3.05, 3.63) is 222 Å². The minimum Gasteiger partial charge on any atom is -0.383 e. The molecule has 57 heavy (non-hydrogen) atoms. The number of nitrogens with two attached hydrogens (primary N) is 1. The van der Waals surface area contributed by atoms with Crippen molar-refractivity contribution in [2.45, 2.75) is 25.7 Å². The maximum Gasteiger partial charge on any atom is 0.131 e. The molecule has 10 rings (SSSR count). The Labute approximate surface area is 334 Å². The Hall–Kier alpha value is -7.03. The molecule has 0 saturated heterocycles. The third kappa shape index (κ3) is 5.93. The quantitative estimate of drug-likeness (QED) is 0.129. The van der Waals surface area contributed by atoms with Crippen LogP contribution in [0.15, 0.2) is 199 Å². The largest absolute Gasteiger partial charge is 0.383 e. The standard InChI is InChI=1S/C55H42N2/c1-55(2)49-25-13-24-48(53(49)52-43-21-9-7-17-40(43)30-34-50(52)55)46-32-33-47(45-23-11-10-22-44(45)46)51(35-31-39-19-12-18-38-16-6-8-20-42(38)39)57-54(56)41-28-26-37(27-29-41)36-14-4-3-5-15-36/h3-30,32-35H,31H2,1-2H3,(H2,56,57)/b51-35-. The van der Waals surface area contributed by atoms with E-state index in [1.807, 2.05) is 6.07 Å². The highest BCUT2D eigenvalue weighted by Gasteiger charge is 2.38. The topological polar surface area (TPSA) is 38.4 Å². The average Bonchev–Trinajstić information content (AvgIpc) is 3.51. The second-order valence-electron chi connectivity index (χ2n) is 15.6. The van der Waals surface area contributed by atoms with Crippen LogP contribution in [0.5, 0.6) is 0 Å². The Morgan fingerprint density at radius 3 is 1.89 bits per heavy atom. The third-order valence-corrected chi connectivity index (χ3v) is 12.0. The predicted octanol–water partition coefficient (Wildman–Crippen LogP) is 13.8. The van der Waals surface area contributed by atoms with Gasteiger partial charge in [-0.1, -0.05) is 208 Å². The van der Waals surface area contributed by atoms with E-state index < -0.39 is 0 Å². The van der Waals surface area contributed by atoms with Crippen LogP contribution in [0, 0.1) is 0 Å². The highest BCUT2D eigenvalue weighted by Crippen LogP contribution is 2.55. The lowest BCUT2D eigenvalue weighted by Crippen LogP contribution is -2.14. The lowest BCUT2D eigenvalue weighted by molar-refractivity contribution is 0.661. The molecule has 0 radical (unpaired) electrons. The van der Waals surface area contributed by atoms with Gasteiger partial charge in [-0.25, -0.2) is 4.99 Å². The monoisotopic (exact) mass is 730 g/mol. The number of nitrogens with zero attached hydrogens (tertiary/aromatic N) is 1. The van der Waals surface area contributed by atoms with Gasteiger partial charge in [0.25, 0.3) is 0 Å². The van der Waals surface area contributed by atoms with E-state index in [4.69, 9.17) is 10.7 Å². The summed E-state index contributed by atoms with van der Waals surface area (Å²) in [4.78, 5) is 5.26. The molecule has 2 N–H and O–H groups in total. The van der Waals surface area contributed by atoms with Gasteiger partial charge in [0.15, 0.2) is 0 Å². The summed E-state index contributed by atoms with van der Waals surface area (Å²) in [5.41, 5.74) is 21.1. The highest BCUT2D eigenvalue weighted by molar-refractivity contribution is 6.11. The van der Waals surface area contributed by atoms with Crippen molar-refractivity contribution >= 4 is 43.9 Å². The van der Waals surface area contributed by atoms with Crippen molar-refractivity contribution < 1.29 is 0 Å². The lowest BCUT2D eigenvalue weighted by atomic mass is 9.81. The van der Waals surface area contributed by atoms with Gasteiger partial charge in [0.05, 0.1) is 5.70 Å². The second-order valence-corrected chi connectivity index (χ2v) is 15.6. The van der Waals surface area contributed by atoms with Crippen LogP contribution in [0.25, 0.3) is 71.4 Å². The van der Waals surface area contributed by atoms with Gasteiger partial charge in [-0.3, -0.25) is 0 Å². The molecule has 0 spiro atoms. The maximum atomic E-state index is 6.93. The molecule has 0 saturated carbocycles. The van der Waals surface area contributed by atoms with Crippen LogP contribution >= 0.6 is 0 Å². The van der Waals surface area contributed by atoms with Crippen LogP contribution in [0.1, 0.15) is 41.7 Å². The first-order chi connectivity index (χ1) is 28.0. The van der Waals surface area contributed by atoms with Crippen molar-refractivity contribution in [2.24, 2.45) is 10.7 Å². The number of fused-ring (bicyclic) bond motifs is 7. The van der Waals surface area contributed by atoms with E-state index >= 15 is 0 Å². The van der Waals surface area contributed by atoms with Gasteiger partial charge in [0.1, 0.15) is 5.84 Å². The molecule has 9 aromatic carbocycles. The molecule has 2 nitrogen and oxygen atoms in total. The fourth-order valence-corrected chi connectivity index (χ4v) is 9.08. The molecule has 0 unspecified atom stereocenters. The van der Waals surface area contributed by atoms with Crippen LogP contribution in [0.2, 0.25) is 0 Å². The summed E-state index contributed by atoms with van der Waals surface area (Å²) >= 11 is 0. The zero-order valence-electron chi connectivity index (χ0n) is 32.2. The van der Waals surface area contributed by atoms with Crippen molar-refractivity contribution in [1.29, 1.82) is 0 Å². The predicted molar refractivity (Wildman–Crippen MR) is 243 cm³/mol. The second kappa shape index (κ2) is 13.9. The molecule has 0 aromatic heterocycles. The van der Waals surface area contributed by atoms with Crippen molar-refractivity contribution in [2.75, 3.05) is 0 Å². The molecule has 272 valence electrons. The molecular formula is C55H42N2. The fourth-order valence-electron chi connectivity index (χ4n) is 9.08. The Kier molecular flexibility index (Phi) is 8.42. The summed E-state index contributed by atoms with van der Waals surface area (Å²) in [5.74, 6) is 0.485. The number of allylic oxidation sites excluding steroid dienone is 1. The summed E-state index contributed by atoms with van der Waals surface area (Å²) in [5, 5.41) is 7.37. The summed E-state index contributed by atoms with van der Waals surface area (Å²) in [6.07, 6.45) is 2.96. The number of amidine groups is 1. The Bertz CT molecular complexity index is 3050. The number of hydrogen-bond acceptors (Lipinski definition) is 1. The van der Waals surface area contributed by atoms with Crippen LogP contribution in [-0.4, -0.2) is 5.84 Å². The van der Waals surface area contributed by atoms with Gasteiger partial charge in [0, 0.05) is 16.5 Å². The maximum absolute atomic E-state index is 6.93. The molecule has 0 amide bonds. The van der Waals surface area contributed by atoms with E-state index in [-0.39, 0.29) is 5.41 Å². The Morgan fingerprint density at radius 2 is 1.11 bits per heavy atom. The van der Waals surface area contributed by atoms with E-state index in [0.29, 0.717) is 12.3 Å². The molecule has 0 bridgehead atoms. The van der Waals surface area contributed by atoms with Crippen molar-refractivity contribution in [3.8, 4) is 33.4 Å². The first kappa shape index (κ1) is 34.5. The van der Waals surface area contributed by atoms with Gasteiger partial charge >= 0.3 is 0 Å². The summed E-state index contributed by atoms with van der Waals surface area (Å²) in [6.45, 7) is 4.73. The summed E-state index contributed by atoms with van der Waals surface area (Å²) in [6, 6.07) is 67.5. The Morgan fingerprint density at radius 1 is 0.491 bits per heavy atom. The SMILES string of the molecule is CC1(C)c2cccc(-c3ccc(/C(=C/Cc4cccc5ccccc45)N=C(N)c4ccc(-c5ccccc5)cc4)c4ccccc34)c2-c2c1ccc1ccccc21. The van der Waals surface area contributed by atoms with E-state index in [2.05, 4.69) is 202 Å². The third-order valence-electron chi connectivity index (χ3n) is 12.0. The zero-order valence-corrected chi connectivity index (χ0v) is 32.2. The molecule has 2 heteroatoms. The minimum absolute atomic E-state index is 0.122. The first-order valence-electron chi connectivity index (χ1n) is 19.8. The molecule has 1 aliphatic carbocycles. The minimum atomic E-state index is -0.122. The van der Waals surface area contributed by atoms with E-state index in [1.54, 1.807) is 0 Å². The molecule has 9 aromatic rings. The molecule has 0 atom stereocenters. The van der Waals surface area contributed by atoms with Crippen LogP contribution in [0.3, 0.4) is 0 Å². The van der Waals surface area contributed by atoms with Gasteiger partial charge in [-0.05, 0) is 88.8 Å². The zero-order chi connectivity index (χ0) is 38.5. The van der Waals surface area contributed by atoms with Gasteiger partial charge < -0.3 is 5.73 Å². The van der Waals surface area contributed by atoms with Crippen molar-refractivity contribution in [3.63, 3.8) is 0 Å². The lowest BCUT2D eigenvalue weighted by Gasteiger charge is -2.22. The van der Waals surface area contributed by atoms with Crippen LogP contribution in [-0.2, 0) is 11.8 Å². The smallest absolute Gasteiger partial charge is 0.131 e. The summed E-state index contributed by atoms with van der Waals surface area (Å²) < 4.78 is 0. The van der Waals surface area contributed by atoms with Gasteiger partial charge in [-0.15, -0.1) is 0 Å². The van der Waals surface area contributed by atoms with Crippen molar-refractivity contribution in [1.82, 2.24) is 0 Å². The van der Waals surface area contributed by atoms with Gasteiger partial charge in [0.2, 0.25) is 0 Å². The highest BCUT2D eigenvalue weighted by atomic mass is 14.9. The fraction of sp³-hybridized carbons (Fsp3) is 0.0727. The van der Waals surface area contributed by atoms with Crippen LogP contribution < -0.4 is 5.73 Å². The molecule has 0 heterocycles. The summed E-state index contributed by atoms with van der Waals surface area (Å²) in [7, 11) is 0. The van der Waals surface area contributed by atoms with Crippen LogP contribution in [0.4, 0.5) is 0 Å². The molecule has 1 aliphatic rings. The van der Waals surface area contributed by atoms with E-state index in [9.17, 15) is 0 Å². The average molecular weight is 731 g/mol. The molecular weight excluding hydrogens is 689 g/mol. The molecule has 0 aliphatic heterocycles. The van der Waals surface area contributed by atoms with Gasteiger partial charge in [-0.2, -0.15) is 0 Å². The Balaban J connectivity index is 1.14.